The van der Waals surface area contributed by atoms with Crippen LogP contribution in [0.25, 0.3) is 16.8 Å². The molecular weight excluding hydrogens is 677 g/mol. The molecule has 0 bridgehead atoms. The van der Waals surface area contributed by atoms with E-state index < -0.39 is 6.29 Å². The molecule has 1 aromatic heterocycles. The number of ether oxygens (including phenoxy) is 2. The van der Waals surface area contributed by atoms with E-state index in [4.69, 9.17) is 9.47 Å². The van der Waals surface area contributed by atoms with Crippen LogP contribution in [0.1, 0.15) is 46.6 Å². The second-order valence-corrected chi connectivity index (χ2v) is 13.4. The number of urea groups is 1. The van der Waals surface area contributed by atoms with Gasteiger partial charge >= 0.3 is 6.03 Å². The van der Waals surface area contributed by atoms with Crippen molar-refractivity contribution in [1.29, 1.82) is 0 Å². The molecule has 11 nitrogen and oxygen atoms in total. The maximum Gasteiger partial charge on any atom is 0.315 e. The molecule has 2 amide bonds. The molecule has 0 aliphatic carbocycles. The average Bonchev–Trinajstić information content (AvgIpc) is 3.68. The van der Waals surface area contributed by atoms with Crippen molar-refractivity contribution in [1.82, 2.24) is 30.8 Å². The first kappa shape index (κ1) is 34.9. The van der Waals surface area contributed by atoms with Gasteiger partial charge < -0.3 is 30.3 Å². The summed E-state index contributed by atoms with van der Waals surface area (Å²) in [7, 11) is 0. The smallest absolute Gasteiger partial charge is 0.315 e. The highest BCUT2D eigenvalue weighted by atomic mass is 32.2. The van der Waals surface area contributed by atoms with Crippen LogP contribution in [-0.4, -0.2) is 48.3 Å². The van der Waals surface area contributed by atoms with E-state index in [1.807, 2.05) is 84.9 Å². The number of hydrogen-bond donors (Lipinski definition) is 4. The Morgan fingerprint density at radius 3 is 2.23 bits per heavy atom. The van der Waals surface area contributed by atoms with Crippen molar-refractivity contribution in [2.24, 2.45) is 0 Å². The second kappa shape index (κ2) is 16.7. The van der Waals surface area contributed by atoms with Gasteiger partial charge in [-0.2, -0.15) is 4.68 Å². The highest BCUT2D eigenvalue weighted by Crippen LogP contribution is 2.40. The SMILES string of the molecule is O=C(NCc1ccccc1)NCc1cccc(-c2ccc([C@@H]3O[C@H](CSc4nnnn4-c4ccc(O)cc4)C[C@H](c4ccc(CO)cc4)O3)cc2)c1. The lowest BCUT2D eigenvalue weighted by Gasteiger charge is -2.36. The van der Waals surface area contributed by atoms with Crippen LogP contribution >= 0.6 is 11.8 Å². The number of thioether (sulfide) groups is 1. The van der Waals surface area contributed by atoms with Crippen molar-refractivity contribution in [3.63, 3.8) is 0 Å². The Morgan fingerprint density at radius 2 is 1.48 bits per heavy atom. The number of aliphatic hydroxyl groups excluding tert-OH is 1. The summed E-state index contributed by atoms with van der Waals surface area (Å²) in [5.74, 6) is 0.743. The Hall–Kier alpha value is -5.53. The summed E-state index contributed by atoms with van der Waals surface area (Å²) in [6.07, 6.45) is -0.427. The van der Waals surface area contributed by atoms with Crippen LogP contribution in [0.4, 0.5) is 4.79 Å². The van der Waals surface area contributed by atoms with E-state index in [-0.39, 0.29) is 30.6 Å². The number of aromatic nitrogens is 4. The van der Waals surface area contributed by atoms with E-state index in [2.05, 4.69) is 44.4 Å². The van der Waals surface area contributed by atoms with Gasteiger partial charge in [-0.1, -0.05) is 109 Å². The van der Waals surface area contributed by atoms with Crippen LogP contribution in [0.3, 0.4) is 0 Å². The molecule has 0 spiro atoms. The second-order valence-electron chi connectivity index (χ2n) is 12.4. The summed E-state index contributed by atoms with van der Waals surface area (Å²) in [6, 6.07) is 40.3. The molecule has 2 heterocycles. The fourth-order valence-corrected chi connectivity index (χ4v) is 6.84. The van der Waals surface area contributed by atoms with Gasteiger partial charge in [0.1, 0.15) is 5.75 Å². The van der Waals surface area contributed by atoms with Gasteiger partial charge in [-0.05, 0) is 74.1 Å². The Kier molecular flexibility index (Phi) is 11.2. The Morgan fingerprint density at radius 1 is 0.769 bits per heavy atom. The van der Waals surface area contributed by atoms with Gasteiger partial charge in [0.2, 0.25) is 5.16 Å². The molecule has 0 radical (unpaired) electrons. The maximum absolute atomic E-state index is 12.4. The molecule has 7 rings (SSSR count). The summed E-state index contributed by atoms with van der Waals surface area (Å²) < 4.78 is 14.8. The summed E-state index contributed by atoms with van der Waals surface area (Å²) >= 11 is 1.49. The van der Waals surface area contributed by atoms with Gasteiger partial charge in [-0.3, -0.25) is 0 Å². The molecule has 1 saturated heterocycles. The predicted molar refractivity (Wildman–Crippen MR) is 197 cm³/mol. The number of tetrazole rings is 1. The van der Waals surface area contributed by atoms with E-state index in [0.29, 0.717) is 30.4 Å². The third-order valence-electron chi connectivity index (χ3n) is 8.74. The standard InChI is InChI=1S/C40H38N6O5S/c47-25-28-9-11-31(12-10-28)37-22-36(26-52-40-43-44-45-46(40)34-17-19-35(48)20-18-34)50-38(51-37)32-15-13-30(14-16-32)33-8-4-7-29(21-33)24-42-39(49)41-23-27-5-2-1-3-6-27/h1-21,36-38,47-48H,22-26H2,(H2,41,42,49)/t36-,37+,38+/m0/s1. The first-order valence-corrected chi connectivity index (χ1v) is 18.0. The first-order valence-electron chi connectivity index (χ1n) is 17.0. The molecule has 52 heavy (non-hydrogen) atoms. The van der Waals surface area contributed by atoms with Gasteiger partial charge in [-0.25, -0.2) is 4.79 Å². The normalized spacial score (nSPS) is 17.1. The molecule has 5 aromatic carbocycles. The molecule has 0 unspecified atom stereocenters. The summed E-state index contributed by atoms with van der Waals surface area (Å²) in [5.41, 5.74) is 7.55. The van der Waals surface area contributed by atoms with Gasteiger partial charge in [-0.15, -0.1) is 5.10 Å². The molecule has 4 N–H and O–H groups in total. The van der Waals surface area contributed by atoms with Crippen molar-refractivity contribution in [3.05, 3.63) is 155 Å². The van der Waals surface area contributed by atoms with E-state index in [0.717, 1.165) is 44.6 Å². The quantitative estimate of drug-likeness (QED) is 0.1000. The highest BCUT2D eigenvalue weighted by molar-refractivity contribution is 7.99. The minimum absolute atomic E-state index is 0.0254. The van der Waals surface area contributed by atoms with Gasteiger partial charge in [0.15, 0.2) is 6.29 Å². The Balaban J connectivity index is 1.02. The molecule has 1 aliphatic heterocycles. The molecule has 264 valence electrons. The highest BCUT2D eigenvalue weighted by Gasteiger charge is 2.32. The molecule has 12 heteroatoms. The summed E-state index contributed by atoms with van der Waals surface area (Å²) in [4.78, 5) is 12.4. The van der Waals surface area contributed by atoms with Crippen LogP contribution < -0.4 is 10.6 Å². The van der Waals surface area contributed by atoms with Crippen molar-refractivity contribution in [2.45, 2.75) is 49.8 Å². The van der Waals surface area contributed by atoms with Crippen molar-refractivity contribution >= 4 is 17.8 Å². The number of benzene rings is 5. The van der Waals surface area contributed by atoms with E-state index >= 15 is 0 Å². The van der Waals surface area contributed by atoms with Crippen molar-refractivity contribution < 1.29 is 24.5 Å². The number of phenols is 1. The number of phenolic OH excluding ortho intramolecular Hbond substituents is 1. The van der Waals surface area contributed by atoms with Gasteiger partial charge in [0.25, 0.3) is 0 Å². The molecule has 1 aliphatic rings. The lowest BCUT2D eigenvalue weighted by atomic mass is 9.99. The Labute approximate surface area is 305 Å². The minimum Gasteiger partial charge on any atom is -0.508 e. The minimum atomic E-state index is -0.617. The summed E-state index contributed by atoms with van der Waals surface area (Å²) in [6.45, 7) is 0.839. The molecule has 1 fully saturated rings. The monoisotopic (exact) mass is 714 g/mol. The zero-order chi connectivity index (χ0) is 35.7. The number of nitrogens with one attached hydrogen (secondary N) is 2. The third-order valence-corrected chi connectivity index (χ3v) is 9.79. The number of amides is 2. The van der Waals surface area contributed by atoms with Gasteiger partial charge in [0.05, 0.1) is 24.5 Å². The number of hydrogen-bond acceptors (Lipinski definition) is 9. The zero-order valence-electron chi connectivity index (χ0n) is 28.2. The van der Waals surface area contributed by atoms with Crippen LogP contribution in [-0.2, 0) is 29.2 Å². The zero-order valence-corrected chi connectivity index (χ0v) is 29.0. The van der Waals surface area contributed by atoms with Gasteiger partial charge in [0, 0.05) is 30.8 Å². The lowest BCUT2D eigenvalue weighted by Crippen LogP contribution is -2.34. The number of aliphatic hydroxyl groups is 1. The van der Waals surface area contributed by atoms with E-state index in [1.165, 1.54) is 11.8 Å². The first-order chi connectivity index (χ1) is 25.5. The van der Waals surface area contributed by atoms with Crippen molar-refractivity contribution in [3.8, 4) is 22.6 Å². The molecular formula is C40H38N6O5S. The topological polar surface area (TPSA) is 144 Å². The van der Waals surface area contributed by atoms with Crippen LogP contribution in [0.15, 0.2) is 133 Å². The third kappa shape index (κ3) is 8.85. The number of carbonyl (C=O) groups is 1. The van der Waals surface area contributed by atoms with Crippen molar-refractivity contribution in [2.75, 3.05) is 5.75 Å². The molecule has 0 saturated carbocycles. The largest absolute Gasteiger partial charge is 0.508 e. The summed E-state index contributed by atoms with van der Waals surface area (Å²) in [5, 5.41) is 38.0. The number of aromatic hydroxyl groups is 1. The molecule has 6 aromatic rings. The Bertz CT molecular complexity index is 2060. The number of carbonyl (C=O) groups excluding carboxylic acids is 1. The van der Waals surface area contributed by atoms with E-state index in [9.17, 15) is 15.0 Å². The van der Waals surface area contributed by atoms with Crippen LogP contribution in [0.2, 0.25) is 0 Å². The predicted octanol–water partition coefficient (Wildman–Crippen LogP) is 6.86. The molecule has 3 atom stereocenters. The van der Waals surface area contributed by atoms with E-state index in [1.54, 1.807) is 28.9 Å². The maximum atomic E-state index is 12.4. The lowest BCUT2D eigenvalue weighted by molar-refractivity contribution is -0.245. The van der Waals surface area contributed by atoms with Crippen LogP contribution in [0.5, 0.6) is 5.75 Å². The fourth-order valence-electron chi connectivity index (χ4n) is 5.93. The average molecular weight is 715 g/mol. The number of rotatable bonds is 12. The number of nitrogens with zero attached hydrogens (tertiary/aromatic N) is 4. The fraction of sp³-hybridized carbons (Fsp3) is 0.200. The van der Waals surface area contributed by atoms with Crippen LogP contribution in [0, 0.1) is 0 Å².